The Balaban J connectivity index is 1.96. The first-order chi connectivity index (χ1) is 15.3. The van der Waals surface area contributed by atoms with Gasteiger partial charge >= 0.3 is 5.97 Å². The molecule has 1 heterocycles. The molecule has 1 amide bonds. The summed E-state index contributed by atoms with van der Waals surface area (Å²) in [7, 11) is 1.54. The molecule has 0 bridgehead atoms. The number of ketones is 1. The van der Waals surface area contributed by atoms with Gasteiger partial charge in [-0.05, 0) is 49.6 Å². The van der Waals surface area contributed by atoms with Gasteiger partial charge in [0.15, 0.2) is 0 Å². The van der Waals surface area contributed by atoms with E-state index < -0.39 is 23.7 Å². The fraction of sp³-hybridized carbons (Fsp3) is 0.320. The van der Waals surface area contributed by atoms with Crippen molar-refractivity contribution in [3.05, 3.63) is 70.8 Å². The summed E-state index contributed by atoms with van der Waals surface area (Å²) < 4.78 is 5.15. The molecular formula is C25H27NO6. The van der Waals surface area contributed by atoms with Gasteiger partial charge in [0.25, 0.3) is 11.7 Å². The SMILES string of the molecule is COc1ccc(C(O)=C2C(=O)C(=O)N(CCCCCC(=O)O)C2c2ccc(C)cc2)cc1. The molecule has 0 spiro atoms. The normalized spacial score (nSPS) is 17.6. The van der Waals surface area contributed by atoms with Crippen LogP contribution in [0.1, 0.15) is 48.4 Å². The molecule has 7 nitrogen and oxygen atoms in total. The maximum Gasteiger partial charge on any atom is 0.303 e. The summed E-state index contributed by atoms with van der Waals surface area (Å²) >= 11 is 0. The molecule has 3 rings (SSSR count). The Bertz CT molecular complexity index is 1020. The van der Waals surface area contributed by atoms with Crippen LogP contribution in [-0.2, 0) is 14.4 Å². The number of carboxylic acids is 1. The number of methoxy groups -OCH3 is 1. The minimum atomic E-state index is -0.857. The summed E-state index contributed by atoms with van der Waals surface area (Å²) in [6.07, 6.45) is 1.75. The number of amides is 1. The molecular weight excluding hydrogens is 410 g/mol. The van der Waals surface area contributed by atoms with Gasteiger partial charge in [0.2, 0.25) is 0 Å². The average Bonchev–Trinajstić information content (AvgIpc) is 3.03. The van der Waals surface area contributed by atoms with Crippen LogP contribution >= 0.6 is 0 Å². The molecule has 2 aromatic rings. The maximum atomic E-state index is 13.0. The second kappa shape index (κ2) is 10.1. The van der Waals surface area contributed by atoms with Crippen molar-refractivity contribution < 1.29 is 29.3 Å². The first-order valence-electron chi connectivity index (χ1n) is 10.5. The zero-order valence-corrected chi connectivity index (χ0v) is 18.2. The predicted molar refractivity (Wildman–Crippen MR) is 119 cm³/mol. The third kappa shape index (κ3) is 4.99. The van der Waals surface area contributed by atoms with E-state index in [0.29, 0.717) is 37.1 Å². The standard InChI is InChI=1S/C25H27NO6/c1-16-7-9-17(10-8-16)22-21(23(29)18-11-13-19(32-2)14-12-18)24(30)25(31)26(22)15-5-3-4-6-20(27)28/h7-14,22,29H,3-6,15H2,1-2H3,(H,27,28). The zero-order chi connectivity index (χ0) is 23.3. The average molecular weight is 437 g/mol. The number of Topliss-reactive ketones (excluding diaryl/α,β-unsaturated/α-hetero) is 1. The van der Waals surface area contributed by atoms with E-state index in [9.17, 15) is 19.5 Å². The molecule has 1 aliphatic rings. The highest BCUT2D eigenvalue weighted by Gasteiger charge is 2.45. The summed E-state index contributed by atoms with van der Waals surface area (Å²) in [5.74, 6) is -1.87. The van der Waals surface area contributed by atoms with E-state index >= 15 is 0 Å². The van der Waals surface area contributed by atoms with Gasteiger partial charge < -0.3 is 19.8 Å². The molecule has 1 unspecified atom stereocenters. The van der Waals surface area contributed by atoms with Crippen LogP contribution in [0.2, 0.25) is 0 Å². The number of aryl methyl sites for hydroxylation is 1. The number of likely N-dealkylation sites (tertiary alicyclic amines) is 1. The number of benzene rings is 2. The third-order valence-corrected chi connectivity index (χ3v) is 5.59. The lowest BCUT2D eigenvalue weighted by Gasteiger charge is -2.25. The molecule has 2 N–H and O–H groups in total. The number of rotatable bonds is 9. The van der Waals surface area contributed by atoms with E-state index in [1.54, 1.807) is 24.3 Å². The fourth-order valence-electron chi connectivity index (χ4n) is 3.85. The Hall–Kier alpha value is -3.61. The first kappa shape index (κ1) is 23.1. The third-order valence-electron chi connectivity index (χ3n) is 5.59. The number of aliphatic carboxylic acids is 1. The number of carbonyl (C=O) groups is 3. The smallest absolute Gasteiger partial charge is 0.303 e. The minimum Gasteiger partial charge on any atom is -0.507 e. The first-order valence-corrected chi connectivity index (χ1v) is 10.5. The molecule has 1 fully saturated rings. The van der Waals surface area contributed by atoms with Crippen LogP contribution in [0.5, 0.6) is 5.75 Å². The second-order valence-electron chi connectivity index (χ2n) is 7.84. The Morgan fingerprint density at radius 3 is 2.22 bits per heavy atom. The van der Waals surface area contributed by atoms with E-state index in [0.717, 1.165) is 11.1 Å². The van der Waals surface area contributed by atoms with Crippen molar-refractivity contribution in [1.29, 1.82) is 0 Å². The van der Waals surface area contributed by atoms with Crippen molar-refractivity contribution >= 4 is 23.4 Å². The van der Waals surface area contributed by atoms with Gasteiger partial charge in [0.05, 0.1) is 18.7 Å². The monoisotopic (exact) mass is 437 g/mol. The lowest BCUT2D eigenvalue weighted by atomic mass is 9.94. The summed E-state index contributed by atoms with van der Waals surface area (Å²) in [5.41, 5.74) is 2.24. The molecule has 32 heavy (non-hydrogen) atoms. The molecule has 0 radical (unpaired) electrons. The Morgan fingerprint density at radius 2 is 1.62 bits per heavy atom. The highest BCUT2D eigenvalue weighted by Crippen LogP contribution is 2.39. The van der Waals surface area contributed by atoms with Crippen molar-refractivity contribution in [2.45, 2.75) is 38.6 Å². The molecule has 1 atom stereocenters. The van der Waals surface area contributed by atoms with Crippen LogP contribution in [0, 0.1) is 6.92 Å². The molecule has 7 heteroatoms. The minimum absolute atomic E-state index is 0.0505. The van der Waals surface area contributed by atoms with Crippen LogP contribution in [0.4, 0.5) is 0 Å². The van der Waals surface area contributed by atoms with Crippen LogP contribution < -0.4 is 4.74 Å². The lowest BCUT2D eigenvalue weighted by molar-refractivity contribution is -0.140. The van der Waals surface area contributed by atoms with Crippen LogP contribution in [0.15, 0.2) is 54.1 Å². The summed E-state index contributed by atoms with van der Waals surface area (Å²) in [6, 6.07) is 13.4. The van der Waals surface area contributed by atoms with E-state index in [-0.39, 0.29) is 17.8 Å². The highest BCUT2D eigenvalue weighted by atomic mass is 16.5. The topological polar surface area (TPSA) is 104 Å². The zero-order valence-electron chi connectivity index (χ0n) is 18.2. The Labute approximate surface area is 186 Å². The molecule has 1 saturated heterocycles. The second-order valence-corrected chi connectivity index (χ2v) is 7.84. The Kier molecular flexibility index (Phi) is 7.30. The number of hydrogen-bond donors (Lipinski definition) is 2. The number of aliphatic hydroxyl groups excluding tert-OH is 1. The van der Waals surface area contributed by atoms with Gasteiger partial charge in [-0.3, -0.25) is 14.4 Å². The number of ether oxygens (including phenoxy) is 1. The van der Waals surface area contributed by atoms with E-state index in [2.05, 4.69) is 0 Å². The molecule has 0 saturated carbocycles. The number of carboxylic acid groups (broad SMARTS) is 1. The van der Waals surface area contributed by atoms with Gasteiger partial charge in [-0.1, -0.05) is 36.2 Å². The van der Waals surface area contributed by atoms with Crippen LogP contribution in [-0.4, -0.2) is 46.4 Å². The molecule has 2 aromatic carbocycles. The summed E-state index contributed by atoms with van der Waals surface area (Å²) in [6.45, 7) is 2.24. The van der Waals surface area contributed by atoms with Crippen molar-refractivity contribution in [3.8, 4) is 5.75 Å². The Morgan fingerprint density at radius 1 is 0.969 bits per heavy atom. The highest BCUT2D eigenvalue weighted by molar-refractivity contribution is 6.46. The quantitative estimate of drug-likeness (QED) is 0.265. The van der Waals surface area contributed by atoms with Crippen molar-refractivity contribution in [3.63, 3.8) is 0 Å². The number of nitrogens with zero attached hydrogens (tertiary/aromatic N) is 1. The molecule has 1 aliphatic heterocycles. The summed E-state index contributed by atoms with van der Waals surface area (Å²) in [5, 5.41) is 19.8. The number of unbranched alkanes of at least 4 members (excludes halogenated alkanes) is 2. The van der Waals surface area contributed by atoms with Crippen molar-refractivity contribution in [2.75, 3.05) is 13.7 Å². The van der Waals surface area contributed by atoms with Crippen molar-refractivity contribution in [1.82, 2.24) is 4.90 Å². The lowest BCUT2D eigenvalue weighted by Crippen LogP contribution is -2.30. The van der Waals surface area contributed by atoms with Gasteiger partial charge in [-0.25, -0.2) is 0 Å². The van der Waals surface area contributed by atoms with E-state index in [1.165, 1.54) is 12.0 Å². The van der Waals surface area contributed by atoms with E-state index in [1.807, 2.05) is 31.2 Å². The fourth-order valence-corrected chi connectivity index (χ4v) is 3.85. The predicted octanol–water partition coefficient (Wildman–Crippen LogP) is 4.07. The molecule has 168 valence electrons. The van der Waals surface area contributed by atoms with Gasteiger partial charge in [0.1, 0.15) is 11.5 Å². The van der Waals surface area contributed by atoms with Gasteiger partial charge in [0, 0.05) is 18.5 Å². The van der Waals surface area contributed by atoms with Crippen LogP contribution in [0.3, 0.4) is 0 Å². The number of carbonyl (C=O) groups excluding carboxylic acids is 2. The maximum absolute atomic E-state index is 13.0. The van der Waals surface area contributed by atoms with Gasteiger partial charge in [-0.2, -0.15) is 0 Å². The van der Waals surface area contributed by atoms with E-state index in [4.69, 9.17) is 9.84 Å². The molecule has 0 aliphatic carbocycles. The summed E-state index contributed by atoms with van der Waals surface area (Å²) in [4.78, 5) is 38.1. The number of hydrogen-bond acceptors (Lipinski definition) is 5. The van der Waals surface area contributed by atoms with Crippen LogP contribution in [0.25, 0.3) is 5.76 Å². The number of aliphatic hydroxyl groups is 1. The van der Waals surface area contributed by atoms with Gasteiger partial charge in [-0.15, -0.1) is 0 Å². The van der Waals surface area contributed by atoms with Crippen molar-refractivity contribution in [2.24, 2.45) is 0 Å². The largest absolute Gasteiger partial charge is 0.507 e. The molecule has 0 aromatic heterocycles.